The molecule has 0 fully saturated rings. The normalized spacial score (nSPS) is 17.3. The van der Waals surface area contributed by atoms with Crippen LogP contribution in [0.3, 0.4) is 0 Å². The zero-order valence-electron chi connectivity index (χ0n) is 15.0. The molecule has 138 valence electrons. The lowest BCUT2D eigenvalue weighted by Gasteiger charge is -2.27. The number of unbranched alkanes of at least 4 members (excludes halogenated alkanes) is 1. The van der Waals surface area contributed by atoms with E-state index in [9.17, 15) is 15.0 Å². The molecular weight excluding hydrogens is 330 g/mol. The summed E-state index contributed by atoms with van der Waals surface area (Å²) >= 11 is 0. The fourth-order valence-electron chi connectivity index (χ4n) is 3.47. The first-order valence-electron chi connectivity index (χ1n) is 9.11. The van der Waals surface area contributed by atoms with Gasteiger partial charge in [-0.25, -0.2) is 4.98 Å². The van der Waals surface area contributed by atoms with Crippen molar-refractivity contribution in [3.05, 3.63) is 54.3 Å². The molecule has 2 N–H and O–H groups in total. The number of aromatic hydroxyl groups is 1. The van der Waals surface area contributed by atoms with Crippen molar-refractivity contribution >= 4 is 11.5 Å². The molecule has 1 amide bonds. The Labute approximate surface area is 153 Å². The van der Waals surface area contributed by atoms with Crippen molar-refractivity contribution in [2.75, 3.05) is 6.54 Å². The van der Waals surface area contributed by atoms with Crippen LogP contribution in [0.5, 0.6) is 5.75 Å². The third kappa shape index (κ3) is 3.74. The van der Waals surface area contributed by atoms with E-state index in [1.807, 2.05) is 10.8 Å². The van der Waals surface area contributed by atoms with Crippen molar-refractivity contribution in [3.8, 4) is 5.75 Å². The lowest BCUT2D eigenvalue weighted by Crippen LogP contribution is -2.36. The number of aryl methyl sites for hydroxylation is 1. The van der Waals surface area contributed by atoms with Crippen molar-refractivity contribution in [2.45, 2.75) is 45.2 Å². The number of carbonyl (C=O) groups excluding carboxylic acids is 1. The van der Waals surface area contributed by atoms with Crippen molar-refractivity contribution in [1.82, 2.24) is 14.5 Å². The molecule has 1 aromatic heterocycles. The summed E-state index contributed by atoms with van der Waals surface area (Å²) in [7, 11) is 0. The number of rotatable bonds is 8. The highest BCUT2D eigenvalue weighted by Gasteiger charge is 2.39. The van der Waals surface area contributed by atoms with Gasteiger partial charge < -0.3 is 19.7 Å². The molecule has 0 radical (unpaired) electrons. The van der Waals surface area contributed by atoms with Crippen molar-refractivity contribution in [3.63, 3.8) is 0 Å². The van der Waals surface area contributed by atoms with Gasteiger partial charge in [-0.05, 0) is 30.5 Å². The smallest absolute Gasteiger partial charge is 0.289 e. The molecule has 6 nitrogen and oxygen atoms in total. The van der Waals surface area contributed by atoms with Crippen LogP contribution in [0.25, 0.3) is 5.57 Å². The predicted octanol–water partition coefficient (Wildman–Crippen LogP) is 3.35. The molecule has 3 rings (SSSR count). The number of hydrogen-bond donors (Lipinski definition) is 2. The Bertz CT molecular complexity index is 766. The fraction of sp³-hybridized carbons (Fsp3) is 0.400. The van der Waals surface area contributed by atoms with Crippen LogP contribution in [-0.4, -0.2) is 43.2 Å². The summed E-state index contributed by atoms with van der Waals surface area (Å²) in [4.78, 5) is 18.5. The molecule has 2 aromatic rings. The SMILES string of the molecule is CCCCC1C(c2ccc(O)cc2)=C(O)C(=O)N1CCCn1ccnc1. The van der Waals surface area contributed by atoms with Gasteiger partial charge in [0.05, 0.1) is 12.4 Å². The summed E-state index contributed by atoms with van der Waals surface area (Å²) in [5.41, 5.74) is 1.46. The van der Waals surface area contributed by atoms with E-state index in [4.69, 9.17) is 0 Å². The number of imidazole rings is 1. The van der Waals surface area contributed by atoms with Crippen molar-refractivity contribution < 1.29 is 15.0 Å². The second kappa shape index (κ2) is 8.08. The Morgan fingerprint density at radius 1 is 1.12 bits per heavy atom. The van der Waals surface area contributed by atoms with Crippen LogP contribution in [0.1, 0.15) is 38.2 Å². The molecule has 0 aliphatic carbocycles. The average molecular weight is 355 g/mol. The summed E-state index contributed by atoms with van der Waals surface area (Å²) in [5.74, 6) is -0.306. The number of amides is 1. The molecule has 1 aliphatic rings. The molecule has 0 bridgehead atoms. The molecule has 1 aliphatic heterocycles. The van der Waals surface area contributed by atoms with Gasteiger partial charge in [0.2, 0.25) is 0 Å². The number of aliphatic hydroxyl groups is 1. The number of phenols is 1. The van der Waals surface area contributed by atoms with E-state index < -0.39 is 0 Å². The van der Waals surface area contributed by atoms with E-state index >= 15 is 0 Å². The number of benzene rings is 1. The summed E-state index contributed by atoms with van der Waals surface area (Å²) in [6, 6.07) is 6.54. The van der Waals surface area contributed by atoms with Gasteiger partial charge in [0, 0.05) is 31.1 Å². The molecule has 26 heavy (non-hydrogen) atoms. The summed E-state index contributed by atoms with van der Waals surface area (Å²) in [6.45, 7) is 3.47. The van der Waals surface area contributed by atoms with Crippen molar-refractivity contribution in [1.29, 1.82) is 0 Å². The highest BCUT2D eigenvalue weighted by Crippen LogP contribution is 2.36. The first-order chi connectivity index (χ1) is 12.6. The highest BCUT2D eigenvalue weighted by atomic mass is 16.3. The lowest BCUT2D eigenvalue weighted by molar-refractivity contribution is -0.129. The number of aliphatic hydroxyl groups excluding tert-OH is 1. The van der Waals surface area contributed by atoms with Gasteiger partial charge in [-0.15, -0.1) is 0 Å². The minimum atomic E-state index is -0.306. The van der Waals surface area contributed by atoms with E-state index in [2.05, 4.69) is 11.9 Å². The molecule has 1 aromatic carbocycles. The van der Waals surface area contributed by atoms with Crippen LogP contribution in [0.2, 0.25) is 0 Å². The first-order valence-corrected chi connectivity index (χ1v) is 9.11. The monoisotopic (exact) mass is 355 g/mol. The third-order valence-corrected chi connectivity index (χ3v) is 4.81. The standard InChI is InChI=1S/C20H25N3O3/c1-2-3-5-17-18(15-6-8-16(24)9-7-15)19(25)20(26)23(17)12-4-11-22-13-10-21-14-22/h6-10,13-14,17,24-25H,2-5,11-12H2,1H3. The Morgan fingerprint density at radius 2 is 1.88 bits per heavy atom. The number of nitrogens with zero attached hydrogens (tertiary/aromatic N) is 3. The number of carbonyl (C=O) groups is 1. The van der Waals surface area contributed by atoms with Crippen LogP contribution in [0.4, 0.5) is 0 Å². The Hall–Kier alpha value is -2.76. The second-order valence-electron chi connectivity index (χ2n) is 6.62. The zero-order valence-corrected chi connectivity index (χ0v) is 15.0. The van der Waals surface area contributed by atoms with Gasteiger partial charge in [0.25, 0.3) is 5.91 Å². The summed E-state index contributed by atoms with van der Waals surface area (Å²) in [6.07, 6.45) is 9.01. The molecule has 0 saturated carbocycles. The van der Waals surface area contributed by atoms with Crippen molar-refractivity contribution in [2.24, 2.45) is 0 Å². The first kappa shape index (κ1) is 18.0. The van der Waals surface area contributed by atoms with Crippen LogP contribution in [0.15, 0.2) is 48.7 Å². The highest BCUT2D eigenvalue weighted by molar-refractivity contribution is 6.05. The maximum Gasteiger partial charge on any atom is 0.289 e. The lowest BCUT2D eigenvalue weighted by atomic mass is 9.95. The quantitative estimate of drug-likeness (QED) is 0.761. The predicted molar refractivity (Wildman–Crippen MR) is 99.5 cm³/mol. The van der Waals surface area contributed by atoms with Gasteiger partial charge in [-0.1, -0.05) is 31.9 Å². The second-order valence-corrected chi connectivity index (χ2v) is 6.62. The van der Waals surface area contributed by atoms with Gasteiger partial charge in [-0.3, -0.25) is 4.79 Å². The number of aromatic nitrogens is 2. The Balaban J connectivity index is 1.78. The molecular formula is C20H25N3O3. The minimum absolute atomic E-state index is 0.130. The van der Waals surface area contributed by atoms with E-state index in [1.165, 1.54) is 0 Å². The van der Waals surface area contributed by atoms with E-state index in [-0.39, 0.29) is 23.5 Å². The Kier molecular flexibility index (Phi) is 5.61. The minimum Gasteiger partial charge on any atom is -0.508 e. The molecule has 6 heteroatoms. The summed E-state index contributed by atoms with van der Waals surface area (Å²) < 4.78 is 1.98. The molecule has 0 saturated heterocycles. The van der Waals surface area contributed by atoms with E-state index in [0.29, 0.717) is 12.1 Å². The maximum absolute atomic E-state index is 12.7. The summed E-state index contributed by atoms with van der Waals surface area (Å²) in [5, 5.41) is 20.0. The molecule has 1 atom stereocenters. The van der Waals surface area contributed by atoms with Crippen LogP contribution >= 0.6 is 0 Å². The average Bonchev–Trinajstić information content (AvgIpc) is 3.23. The van der Waals surface area contributed by atoms with E-state index in [0.717, 1.165) is 37.8 Å². The molecule has 2 heterocycles. The van der Waals surface area contributed by atoms with Crippen LogP contribution < -0.4 is 0 Å². The number of phenolic OH excluding ortho intramolecular Hbond substituents is 1. The third-order valence-electron chi connectivity index (χ3n) is 4.81. The number of hydrogen-bond acceptors (Lipinski definition) is 4. The van der Waals surface area contributed by atoms with Crippen LogP contribution in [-0.2, 0) is 11.3 Å². The molecule has 0 spiro atoms. The van der Waals surface area contributed by atoms with Gasteiger partial charge in [0.1, 0.15) is 5.75 Å². The largest absolute Gasteiger partial charge is 0.508 e. The van der Waals surface area contributed by atoms with Gasteiger partial charge in [-0.2, -0.15) is 0 Å². The van der Waals surface area contributed by atoms with Gasteiger partial charge in [0.15, 0.2) is 5.76 Å². The maximum atomic E-state index is 12.7. The Morgan fingerprint density at radius 3 is 2.54 bits per heavy atom. The zero-order chi connectivity index (χ0) is 18.5. The molecule has 1 unspecified atom stereocenters. The van der Waals surface area contributed by atoms with E-state index in [1.54, 1.807) is 41.7 Å². The van der Waals surface area contributed by atoms with Crippen LogP contribution in [0, 0.1) is 0 Å². The topological polar surface area (TPSA) is 78.6 Å². The fourth-order valence-corrected chi connectivity index (χ4v) is 3.47. The van der Waals surface area contributed by atoms with Gasteiger partial charge >= 0.3 is 0 Å².